The van der Waals surface area contributed by atoms with Gasteiger partial charge in [-0.3, -0.25) is 4.79 Å². The summed E-state index contributed by atoms with van der Waals surface area (Å²) < 4.78 is 5.45. The largest absolute Gasteiger partial charge is 0.490 e. The third kappa shape index (κ3) is 4.26. The third-order valence-corrected chi connectivity index (χ3v) is 3.61. The lowest BCUT2D eigenvalue weighted by Crippen LogP contribution is -2.40. The van der Waals surface area contributed by atoms with Crippen LogP contribution in [0.25, 0.3) is 0 Å². The van der Waals surface area contributed by atoms with Crippen LogP contribution < -0.4 is 10.1 Å². The summed E-state index contributed by atoms with van der Waals surface area (Å²) in [5.41, 5.74) is 0. The molecule has 1 aliphatic rings. The number of hydrogen-bond donors (Lipinski definition) is 2. The van der Waals surface area contributed by atoms with E-state index in [0.29, 0.717) is 36.9 Å². The fraction of sp³-hybridized carbons (Fsp3) is 0.429. The van der Waals surface area contributed by atoms with Gasteiger partial charge in [0.15, 0.2) is 0 Å². The maximum absolute atomic E-state index is 11.8. The van der Waals surface area contributed by atoms with Crippen molar-refractivity contribution < 1.29 is 19.4 Å². The van der Waals surface area contributed by atoms with Crippen LogP contribution in [0.4, 0.5) is 4.79 Å². The average molecular weight is 313 g/mol. The van der Waals surface area contributed by atoms with Crippen LogP contribution in [-0.2, 0) is 4.79 Å². The van der Waals surface area contributed by atoms with Crippen molar-refractivity contribution in [2.24, 2.45) is 5.92 Å². The number of likely N-dealkylation sites (tertiary alicyclic amines) is 1. The van der Waals surface area contributed by atoms with Crippen LogP contribution in [0.1, 0.15) is 6.42 Å². The Morgan fingerprint density at radius 2 is 2.19 bits per heavy atom. The monoisotopic (exact) mass is 312 g/mol. The summed E-state index contributed by atoms with van der Waals surface area (Å²) in [7, 11) is 0. The first-order valence-electron chi connectivity index (χ1n) is 6.71. The number of nitrogens with one attached hydrogen (secondary N) is 1. The molecule has 0 bridgehead atoms. The van der Waals surface area contributed by atoms with Gasteiger partial charge in [0.2, 0.25) is 0 Å². The highest BCUT2D eigenvalue weighted by molar-refractivity contribution is 6.32. The smallest absolute Gasteiger partial charge is 0.317 e. The number of ether oxygens (including phenoxy) is 1. The van der Waals surface area contributed by atoms with Crippen LogP contribution in [0.5, 0.6) is 5.75 Å². The van der Waals surface area contributed by atoms with Crippen LogP contribution >= 0.6 is 11.6 Å². The normalized spacial score (nSPS) is 17.6. The molecule has 0 radical (unpaired) electrons. The maximum atomic E-state index is 11.8. The molecule has 21 heavy (non-hydrogen) atoms. The highest BCUT2D eigenvalue weighted by Crippen LogP contribution is 2.22. The fourth-order valence-corrected chi connectivity index (χ4v) is 2.33. The molecular weight excluding hydrogens is 296 g/mol. The van der Waals surface area contributed by atoms with Crippen molar-refractivity contribution in [2.75, 3.05) is 26.2 Å². The van der Waals surface area contributed by atoms with E-state index in [2.05, 4.69) is 5.32 Å². The number of para-hydroxylation sites is 1. The molecule has 0 aromatic heterocycles. The Bertz CT molecular complexity index is 523. The molecule has 0 saturated carbocycles. The Labute approximate surface area is 127 Å². The number of amides is 2. The highest BCUT2D eigenvalue weighted by Gasteiger charge is 2.30. The second kappa shape index (κ2) is 7.17. The first-order valence-corrected chi connectivity index (χ1v) is 7.08. The zero-order valence-corrected chi connectivity index (χ0v) is 12.2. The number of carbonyl (C=O) groups excluding carboxylic acids is 1. The minimum Gasteiger partial charge on any atom is -0.490 e. The lowest BCUT2D eigenvalue weighted by Gasteiger charge is -2.17. The van der Waals surface area contributed by atoms with Gasteiger partial charge in [-0.15, -0.1) is 0 Å². The summed E-state index contributed by atoms with van der Waals surface area (Å²) in [6, 6.07) is 6.84. The number of carbonyl (C=O) groups is 2. The Morgan fingerprint density at radius 1 is 1.43 bits per heavy atom. The molecule has 6 nitrogen and oxygen atoms in total. The topological polar surface area (TPSA) is 78.9 Å². The summed E-state index contributed by atoms with van der Waals surface area (Å²) >= 11 is 5.94. The van der Waals surface area contributed by atoms with Crippen LogP contribution in [-0.4, -0.2) is 48.2 Å². The second-order valence-corrected chi connectivity index (χ2v) is 5.19. The second-order valence-electron chi connectivity index (χ2n) is 4.78. The number of carboxylic acids is 1. The van der Waals surface area contributed by atoms with Crippen molar-refractivity contribution in [3.63, 3.8) is 0 Å². The van der Waals surface area contributed by atoms with Gasteiger partial charge in [0.1, 0.15) is 12.4 Å². The van der Waals surface area contributed by atoms with Crippen molar-refractivity contribution >= 4 is 23.6 Å². The summed E-state index contributed by atoms with van der Waals surface area (Å²) in [6.45, 7) is 1.35. The number of rotatable bonds is 5. The predicted octanol–water partition coefficient (Wildman–Crippen LogP) is 1.83. The van der Waals surface area contributed by atoms with Gasteiger partial charge >= 0.3 is 12.0 Å². The molecule has 1 heterocycles. The first kappa shape index (κ1) is 15.4. The van der Waals surface area contributed by atoms with E-state index in [4.69, 9.17) is 21.4 Å². The van der Waals surface area contributed by atoms with Crippen molar-refractivity contribution in [3.8, 4) is 5.75 Å². The number of hydrogen-bond acceptors (Lipinski definition) is 3. The van der Waals surface area contributed by atoms with Crippen molar-refractivity contribution in [2.45, 2.75) is 6.42 Å². The average Bonchev–Trinajstić information content (AvgIpc) is 2.95. The third-order valence-electron chi connectivity index (χ3n) is 3.30. The zero-order valence-electron chi connectivity index (χ0n) is 11.4. The van der Waals surface area contributed by atoms with Gasteiger partial charge in [-0.1, -0.05) is 23.7 Å². The van der Waals surface area contributed by atoms with Gasteiger partial charge in [0.25, 0.3) is 0 Å². The Hall–Kier alpha value is -1.95. The van der Waals surface area contributed by atoms with Crippen LogP contribution in [0.15, 0.2) is 24.3 Å². The molecule has 2 rings (SSSR count). The molecule has 1 unspecified atom stereocenters. The number of nitrogens with zero attached hydrogens (tertiary/aromatic N) is 1. The number of aliphatic carboxylic acids is 1. The minimum atomic E-state index is -0.854. The van der Waals surface area contributed by atoms with E-state index in [-0.39, 0.29) is 12.6 Å². The SMILES string of the molecule is O=C(O)C1CCN(C(=O)NCCOc2ccccc2Cl)C1. The molecular formula is C14H17ClN2O4. The molecule has 1 aromatic carbocycles. The zero-order chi connectivity index (χ0) is 15.2. The van der Waals surface area contributed by atoms with Crippen molar-refractivity contribution in [1.82, 2.24) is 10.2 Å². The molecule has 2 amide bonds. The Balaban J connectivity index is 1.68. The lowest BCUT2D eigenvalue weighted by molar-refractivity contribution is -0.141. The van der Waals surface area contributed by atoms with Crippen LogP contribution in [0, 0.1) is 5.92 Å². The van der Waals surface area contributed by atoms with E-state index in [1.165, 1.54) is 4.90 Å². The lowest BCUT2D eigenvalue weighted by atomic mass is 10.1. The van der Waals surface area contributed by atoms with Gasteiger partial charge in [-0.25, -0.2) is 4.79 Å². The van der Waals surface area contributed by atoms with E-state index in [1.54, 1.807) is 12.1 Å². The van der Waals surface area contributed by atoms with E-state index >= 15 is 0 Å². The Kier molecular flexibility index (Phi) is 5.27. The summed E-state index contributed by atoms with van der Waals surface area (Å²) in [5, 5.41) is 12.1. The van der Waals surface area contributed by atoms with Gasteiger partial charge in [-0.05, 0) is 18.6 Å². The highest BCUT2D eigenvalue weighted by atomic mass is 35.5. The molecule has 1 aliphatic heterocycles. The fourth-order valence-electron chi connectivity index (χ4n) is 2.14. The number of halogens is 1. The van der Waals surface area contributed by atoms with Gasteiger partial charge in [0.05, 0.1) is 17.5 Å². The molecule has 1 fully saturated rings. The number of urea groups is 1. The van der Waals surface area contributed by atoms with Crippen molar-refractivity contribution in [3.05, 3.63) is 29.3 Å². The van der Waals surface area contributed by atoms with Gasteiger partial charge in [-0.2, -0.15) is 0 Å². The number of carboxylic acid groups (broad SMARTS) is 1. The van der Waals surface area contributed by atoms with Crippen LogP contribution in [0.2, 0.25) is 5.02 Å². The predicted molar refractivity (Wildman–Crippen MR) is 77.7 cm³/mol. The van der Waals surface area contributed by atoms with E-state index in [9.17, 15) is 9.59 Å². The number of benzene rings is 1. The standard InChI is InChI=1S/C14H17ClN2O4/c15-11-3-1-2-4-12(11)21-8-6-16-14(20)17-7-5-10(9-17)13(18)19/h1-4,10H,5-9H2,(H,16,20)(H,18,19). The Morgan fingerprint density at radius 3 is 2.86 bits per heavy atom. The molecule has 1 saturated heterocycles. The molecule has 114 valence electrons. The van der Waals surface area contributed by atoms with E-state index in [1.807, 2.05) is 12.1 Å². The van der Waals surface area contributed by atoms with E-state index < -0.39 is 11.9 Å². The minimum absolute atomic E-state index is 0.256. The van der Waals surface area contributed by atoms with Gasteiger partial charge in [0, 0.05) is 13.1 Å². The molecule has 0 aliphatic carbocycles. The van der Waals surface area contributed by atoms with Crippen LogP contribution in [0.3, 0.4) is 0 Å². The first-order chi connectivity index (χ1) is 10.1. The molecule has 1 aromatic rings. The molecule has 2 N–H and O–H groups in total. The van der Waals surface area contributed by atoms with Crippen molar-refractivity contribution in [1.29, 1.82) is 0 Å². The maximum Gasteiger partial charge on any atom is 0.317 e. The summed E-state index contributed by atoms with van der Waals surface area (Å²) in [6.07, 6.45) is 0.499. The van der Waals surface area contributed by atoms with E-state index in [0.717, 1.165) is 0 Å². The summed E-state index contributed by atoms with van der Waals surface area (Å²) in [5.74, 6) is -0.747. The molecule has 7 heteroatoms. The quantitative estimate of drug-likeness (QED) is 0.813. The molecule has 1 atom stereocenters. The molecule has 0 spiro atoms. The van der Waals surface area contributed by atoms with Gasteiger partial charge < -0.3 is 20.1 Å². The summed E-state index contributed by atoms with van der Waals surface area (Å²) in [4.78, 5) is 24.2.